The Hall–Kier alpha value is -1.41. The molecule has 2 N–H and O–H groups in total. The van der Waals surface area contributed by atoms with Gasteiger partial charge in [0, 0.05) is 4.88 Å². The molecule has 0 amide bonds. The molecule has 0 bridgehead atoms. The van der Waals surface area contributed by atoms with E-state index in [2.05, 4.69) is 9.97 Å². The zero-order valence-corrected chi connectivity index (χ0v) is 12.0. The number of nitrogens with zero attached hydrogens (tertiary/aromatic N) is 2. The van der Waals surface area contributed by atoms with Gasteiger partial charge in [-0.2, -0.15) is 13.2 Å². The molecule has 0 aliphatic rings. The minimum absolute atomic E-state index is 0.160. The first-order valence-corrected chi connectivity index (χ1v) is 6.72. The number of rotatable bonds is 3. The van der Waals surface area contributed by atoms with Crippen LogP contribution in [0.1, 0.15) is 23.2 Å². The predicted octanol–water partition coefficient (Wildman–Crippen LogP) is 3.36. The van der Waals surface area contributed by atoms with Crippen molar-refractivity contribution in [2.45, 2.75) is 39.7 Å². The quantitative estimate of drug-likeness (QED) is 0.944. The number of ether oxygens (including phenoxy) is 1. The van der Waals surface area contributed by atoms with E-state index in [0.717, 1.165) is 22.8 Å². The van der Waals surface area contributed by atoms with Crippen LogP contribution in [0.5, 0.6) is 0 Å². The average Bonchev–Trinajstić information content (AvgIpc) is 2.61. The van der Waals surface area contributed by atoms with Crippen LogP contribution < -0.4 is 5.73 Å². The number of thiophene rings is 1. The zero-order chi connectivity index (χ0) is 15.1. The summed E-state index contributed by atoms with van der Waals surface area (Å²) < 4.78 is 41.8. The van der Waals surface area contributed by atoms with Crippen LogP contribution >= 0.6 is 11.3 Å². The maximum absolute atomic E-state index is 12.4. The van der Waals surface area contributed by atoms with Gasteiger partial charge in [-0.25, -0.2) is 9.97 Å². The maximum atomic E-state index is 12.4. The molecule has 4 nitrogen and oxygen atoms in total. The number of aromatic nitrogens is 2. The summed E-state index contributed by atoms with van der Waals surface area (Å²) in [5.41, 5.74) is 6.84. The van der Waals surface area contributed by atoms with Crippen molar-refractivity contribution in [3.05, 3.63) is 16.3 Å². The van der Waals surface area contributed by atoms with Gasteiger partial charge in [0.2, 0.25) is 0 Å². The molecule has 2 rings (SSSR count). The van der Waals surface area contributed by atoms with Gasteiger partial charge in [0.15, 0.2) is 11.9 Å². The van der Waals surface area contributed by atoms with Crippen LogP contribution in [0.25, 0.3) is 10.2 Å². The van der Waals surface area contributed by atoms with E-state index in [4.69, 9.17) is 10.5 Å². The van der Waals surface area contributed by atoms with Crippen LogP contribution in [0, 0.1) is 13.8 Å². The number of fused-ring (bicyclic) bond motifs is 1. The number of nitrogen functional groups attached to an aromatic ring is 1. The van der Waals surface area contributed by atoms with E-state index in [9.17, 15) is 13.2 Å². The highest BCUT2D eigenvalue weighted by Gasteiger charge is 2.37. The Balaban J connectivity index is 2.24. The van der Waals surface area contributed by atoms with Gasteiger partial charge in [0.1, 0.15) is 17.3 Å². The van der Waals surface area contributed by atoms with Gasteiger partial charge in [0.05, 0.1) is 5.39 Å². The van der Waals surface area contributed by atoms with Gasteiger partial charge in [-0.15, -0.1) is 11.3 Å². The molecule has 2 aromatic rings. The first kappa shape index (κ1) is 15.0. The fourth-order valence-electron chi connectivity index (χ4n) is 1.69. The SMILES string of the molecule is Cc1sc2nc(COC(C)C(F)(F)F)nc(N)c2c1C. The molecule has 1 atom stereocenters. The Labute approximate surface area is 117 Å². The number of halogens is 3. The molecule has 20 heavy (non-hydrogen) atoms. The Morgan fingerprint density at radius 2 is 1.95 bits per heavy atom. The van der Waals surface area contributed by atoms with Crippen LogP contribution in [-0.2, 0) is 11.3 Å². The third-order valence-electron chi connectivity index (χ3n) is 3.03. The van der Waals surface area contributed by atoms with Crippen LogP contribution in [0.3, 0.4) is 0 Å². The van der Waals surface area contributed by atoms with E-state index >= 15 is 0 Å². The van der Waals surface area contributed by atoms with E-state index in [0.29, 0.717) is 4.83 Å². The molecule has 0 saturated heterocycles. The average molecular weight is 305 g/mol. The Morgan fingerprint density at radius 1 is 1.30 bits per heavy atom. The van der Waals surface area contributed by atoms with Crippen molar-refractivity contribution < 1.29 is 17.9 Å². The van der Waals surface area contributed by atoms with E-state index in [1.807, 2.05) is 13.8 Å². The summed E-state index contributed by atoms with van der Waals surface area (Å²) >= 11 is 1.44. The topological polar surface area (TPSA) is 61.0 Å². The monoisotopic (exact) mass is 305 g/mol. The van der Waals surface area contributed by atoms with Crippen molar-refractivity contribution in [3.8, 4) is 0 Å². The van der Waals surface area contributed by atoms with Crippen LogP contribution in [0.2, 0.25) is 0 Å². The normalized spacial score (nSPS) is 13.9. The minimum atomic E-state index is -4.40. The highest BCUT2D eigenvalue weighted by molar-refractivity contribution is 7.18. The molecular formula is C12H14F3N3OS. The molecule has 0 spiro atoms. The molecule has 0 aliphatic heterocycles. The molecule has 0 aromatic carbocycles. The molecule has 1 unspecified atom stereocenters. The predicted molar refractivity (Wildman–Crippen MR) is 71.6 cm³/mol. The van der Waals surface area contributed by atoms with E-state index in [1.54, 1.807) is 0 Å². The number of nitrogens with two attached hydrogens (primary N) is 1. The van der Waals surface area contributed by atoms with Gasteiger partial charge < -0.3 is 10.5 Å². The summed E-state index contributed by atoms with van der Waals surface area (Å²) in [6.07, 6.45) is -6.26. The molecular weight excluding hydrogens is 291 g/mol. The molecule has 2 heterocycles. The lowest BCUT2D eigenvalue weighted by Crippen LogP contribution is -2.28. The summed E-state index contributed by atoms with van der Waals surface area (Å²) in [6, 6.07) is 0. The zero-order valence-electron chi connectivity index (χ0n) is 11.2. The minimum Gasteiger partial charge on any atom is -0.383 e. The molecule has 0 fully saturated rings. The second-order valence-corrected chi connectivity index (χ2v) is 5.69. The molecule has 0 radical (unpaired) electrons. The largest absolute Gasteiger partial charge is 0.414 e. The lowest BCUT2D eigenvalue weighted by molar-refractivity contribution is -0.217. The van der Waals surface area contributed by atoms with E-state index in [-0.39, 0.29) is 18.2 Å². The fraction of sp³-hybridized carbons (Fsp3) is 0.500. The van der Waals surface area contributed by atoms with Crippen molar-refractivity contribution in [1.29, 1.82) is 0 Å². The van der Waals surface area contributed by atoms with Gasteiger partial charge in [-0.3, -0.25) is 0 Å². The van der Waals surface area contributed by atoms with Crippen molar-refractivity contribution in [3.63, 3.8) is 0 Å². The second-order valence-electron chi connectivity index (χ2n) is 4.48. The number of anilines is 1. The van der Waals surface area contributed by atoms with Crippen LogP contribution in [0.15, 0.2) is 0 Å². The van der Waals surface area contributed by atoms with Crippen molar-refractivity contribution in [2.24, 2.45) is 0 Å². The first-order valence-electron chi connectivity index (χ1n) is 5.90. The number of hydrogen-bond acceptors (Lipinski definition) is 5. The van der Waals surface area contributed by atoms with E-state index < -0.39 is 12.3 Å². The molecule has 0 saturated carbocycles. The Morgan fingerprint density at radius 3 is 2.55 bits per heavy atom. The second kappa shape index (κ2) is 5.17. The van der Waals surface area contributed by atoms with Crippen molar-refractivity contribution in [1.82, 2.24) is 9.97 Å². The van der Waals surface area contributed by atoms with Crippen LogP contribution in [0.4, 0.5) is 19.0 Å². The molecule has 0 aliphatic carbocycles. The smallest absolute Gasteiger partial charge is 0.383 e. The summed E-state index contributed by atoms with van der Waals surface area (Å²) in [6.45, 7) is 4.47. The molecule has 2 aromatic heterocycles. The number of hydrogen-bond donors (Lipinski definition) is 1. The maximum Gasteiger partial charge on any atom is 0.414 e. The standard InChI is InChI=1S/C12H14F3N3OS/c1-5-6(2)20-11-9(5)10(16)17-8(18-11)4-19-7(3)12(13,14)15/h7H,4H2,1-3H3,(H2,16,17,18). The number of alkyl halides is 3. The van der Waals surface area contributed by atoms with Gasteiger partial charge in [-0.05, 0) is 26.3 Å². The fourth-order valence-corrected chi connectivity index (χ4v) is 2.74. The van der Waals surface area contributed by atoms with Gasteiger partial charge in [0.25, 0.3) is 0 Å². The Kier molecular flexibility index (Phi) is 3.88. The summed E-state index contributed by atoms with van der Waals surface area (Å²) in [7, 11) is 0. The lowest BCUT2D eigenvalue weighted by Gasteiger charge is -2.15. The first-order chi connectivity index (χ1) is 9.20. The molecule has 110 valence electrons. The number of aryl methyl sites for hydroxylation is 2. The van der Waals surface area contributed by atoms with Crippen molar-refractivity contribution in [2.75, 3.05) is 5.73 Å². The highest BCUT2D eigenvalue weighted by Crippen LogP contribution is 2.32. The van der Waals surface area contributed by atoms with Crippen LogP contribution in [-0.4, -0.2) is 22.2 Å². The van der Waals surface area contributed by atoms with Gasteiger partial charge >= 0.3 is 6.18 Å². The van der Waals surface area contributed by atoms with E-state index in [1.165, 1.54) is 11.3 Å². The summed E-state index contributed by atoms with van der Waals surface area (Å²) in [5, 5.41) is 0.764. The third-order valence-corrected chi connectivity index (χ3v) is 4.13. The third kappa shape index (κ3) is 2.85. The van der Waals surface area contributed by atoms with Crippen molar-refractivity contribution >= 4 is 27.4 Å². The van der Waals surface area contributed by atoms with Gasteiger partial charge in [-0.1, -0.05) is 0 Å². The Bertz CT molecular complexity index is 639. The molecule has 8 heteroatoms. The lowest BCUT2D eigenvalue weighted by atomic mass is 10.2. The highest BCUT2D eigenvalue weighted by atomic mass is 32.1. The summed E-state index contributed by atoms with van der Waals surface area (Å²) in [5.74, 6) is 0.433. The summed E-state index contributed by atoms with van der Waals surface area (Å²) in [4.78, 5) is 9.95.